The lowest BCUT2D eigenvalue weighted by Gasteiger charge is -2.05. The normalized spacial score (nSPS) is 9.94. The van der Waals surface area contributed by atoms with Gasteiger partial charge in [-0.2, -0.15) is 0 Å². The second-order valence-electron chi connectivity index (χ2n) is 3.29. The zero-order chi connectivity index (χ0) is 12.1. The van der Waals surface area contributed by atoms with Crippen LogP contribution in [-0.2, 0) is 11.3 Å². The van der Waals surface area contributed by atoms with Gasteiger partial charge in [0.2, 0.25) is 0 Å². The monoisotopic (exact) mass is 267 g/mol. The van der Waals surface area contributed by atoms with Crippen molar-refractivity contribution < 1.29 is 9.53 Å². The van der Waals surface area contributed by atoms with Gasteiger partial charge in [-0.1, -0.05) is 17.7 Å². The fraction of sp³-hybridized carbons (Fsp3) is 0.0833. The van der Waals surface area contributed by atoms with Gasteiger partial charge in [0, 0.05) is 15.6 Å². The van der Waals surface area contributed by atoms with Crippen LogP contribution in [0.2, 0.25) is 5.02 Å². The van der Waals surface area contributed by atoms with E-state index in [1.165, 1.54) is 0 Å². The smallest absolute Gasteiger partial charge is 0.411 e. The predicted molar refractivity (Wildman–Crippen MR) is 69.6 cm³/mol. The van der Waals surface area contributed by atoms with Crippen LogP contribution in [-0.4, -0.2) is 6.09 Å². The quantitative estimate of drug-likeness (QED) is 0.907. The van der Waals surface area contributed by atoms with Crippen LogP contribution in [0.3, 0.4) is 0 Å². The van der Waals surface area contributed by atoms with E-state index in [1.54, 1.807) is 35.6 Å². The van der Waals surface area contributed by atoms with Crippen molar-refractivity contribution >= 4 is 34.7 Å². The minimum Gasteiger partial charge on any atom is -0.444 e. The van der Waals surface area contributed by atoms with Crippen molar-refractivity contribution in [3.05, 3.63) is 51.7 Å². The van der Waals surface area contributed by atoms with E-state index < -0.39 is 6.09 Å². The van der Waals surface area contributed by atoms with Crippen LogP contribution >= 0.6 is 22.9 Å². The molecule has 1 N–H and O–H groups in total. The van der Waals surface area contributed by atoms with Crippen molar-refractivity contribution in [1.82, 2.24) is 0 Å². The fourth-order valence-electron chi connectivity index (χ4n) is 1.22. The molecule has 0 aliphatic heterocycles. The van der Waals surface area contributed by atoms with Crippen molar-refractivity contribution in [2.75, 3.05) is 5.32 Å². The first-order valence-electron chi connectivity index (χ1n) is 4.96. The molecule has 0 fully saturated rings. The molecule has 88 valence electrons. The highest BCUT2D eigenvalue weighted by Gasteiger charge is 2.03. The maximum atomic E-state index is 11.4. The molecule has 0 aliphatic carbocycles. The van der Waals surface area contributed by atoms with Crippen molar-refractivity contribution in [1.29, 1.82) is 0 Å². The summed E-state index contributed by atoms with van der Waals surface area (Å²) in [5.41, 5.74) is 0.658. The summed E-state index contributed by atoms with van der Waals surface area (Å²) >= 11 is 7.29. The van der Waals surface area contributed by atoms with Gasteiger partial charge in [0.1, 0.15) is 6.61 Å². The number of nitrogens with one attached hydrogen (secondary N) is 1. The van der Waals surface area contributed by atoms with E-state index in [-0.39, 0.29) is 6.61 Å². The molecule has 1 aromatic carbocycles. The number of benzene rings is 1. The first-order valence-corrected chi connectivity index (χ1v) is 6.21. The van der Waals surface area contributed by atoms with Crippen LogP contribution in [0.1, 0.15) is 4.88 Å². The molecule has 2 aromatic rings. The second kappa shape index (κ2) is 5.70. The summed E-state index contributed by atoms with van der Waals surface area (Å²) in [5.74, 6) is 0. The molecule has 0 saturated carbocycles. The third kappa shape index (κ3) is 3.76. The van der Waals surface area contributed by atoms with Crippen molar-refractivity contribution in [3.63, 3.8) is 0 Å². The first-order chi connectivity index (χ1) is 8.24. The lowest BCUT2D eigenvalue weighted by atomic mass is 10.3. The van der Waals surface area contributed by atoms with Gasteiger partial charge in [-0.25, -0.2) is 4.79 Å². The van der Waals surface area contributed by atoms with E-state index in [0.29, 0.717) is 10.7 Å². The van der Waals surface area contributed by atoms with E-state index in [2.05, 4.69) is 5.32 Å². The van der Waals surface area contributed by atoms with Gasteiger partial charge in [0.15, 0.2) is 0 Å². The summed E-state index contributed by atoms with van der Waals surface area (Å²) in [4.78, 5) is 12.4. The summed E-state index contributed by atoms with van der Waals surface area (Å²) in [5, 5.41) is 5.18. The molecule has 1 amide bonds. The summed E-state index contributed by atoms with van der Waals surface area (Å²) in [7, 11) is 0. The number of rotatable bonds is 3. The maximum Gasteiger partial charge on any atom is 0.411 e. The summed E-state index contributed by atoms with van der Waals surface area (Å²) < 4.78 is 5.05. The van der Waals surface area contributed by atoms with Crippen LogP contribution < -0.4 is 5.32 Å². The minimum atomic E-state index is -0.472. The molecule has 2 rings (SSSR count). The topological polar surface area (TPSA) is 38.3 Å². The Bertz CT molecular complexity index is 482. The summed E-state index contributed by atoms with van der Waals surface area (Å²) in [6.07, 6.45) is -0.472. The third-order valence-corrected chi connectivity index (χ3v) is 3.12. The van der Waals surface area contributed by atoms with Crippen molar-refractivity contribution in [3.8, 4) is 0 Å². The number of hydrogen-bond donors (Lipinski definition) is 1. The highest BCUT2D eigenvalue weighted by atomic mass is 35.5. The highest BCUT2D eigenvalue weighted by Crippen LogP contribution is 2.14. The molecule has 17 heavy (non-hydrogen) atoms. The van der Waals surface area contributed by atoms with Gasteiger partial charge in [0.25, 0.3) is 0 Å². The summed E-state index contributed by atoms with van der Waals surface area (Å²) in [6, 6.07) is 10.7. The fourth-order valence-corrected chi connectivity index (χ4v) is 1.96. The lowest BCUT2D eigenvalue weighted by molar-refractivity contribution is 0.156. The Morgan fingerprint density at radius 1 is 1.29 bits per heavy atom. The zero-order valence-electron chi connectivity index (χ0n) is 8.85. The molecule has 0 bridgehead atoms. The van der Waals surface area contributed by atoms with Gasteiger partial charge in [-0.05, 0) is 35.7 Å². The maximum absolute atomic E-state index is 11.4. The van der Waals surface area contributed by atoms with E-state index in [4.69, 9.17) is 16.3 Å². The van der Waals surface area contributed by atoms with Gasteiger partial charge < -0.3 is 4.74 Å². The Morgan fingerprint density at radius 3 is 2.71 bits per heavy atom. The zero-order valence-corrected chi connectivity index (χ0v) is 10.4. The molecule has 0 radical (unpaired) electrons. The lowest BCUT2D eigenvalue weighted by Crippen LogP contribution is -2.12. The van der Waals surface area contributed by atoms with Gasteiger partial charge in [0.05, 0.1) is 0 Å². The van der Waals surface area contributed by atoms with Gasteiger partial charge >= 0.3 is 6.09 Å². The average molecular weight is 268 g/mol. The molecule has 1 aromatic heterocycles. The number of carbonyl (C=O) groups excluding carboxylic acids is 1. The molecule has 0 aliphatic rings. The van der Waals surface area contributed by atoms with E-state index in [9.17, 15) is 4.79 Å². The number of thiophene rings is 1. The Labute approximate surface area is 108 Å². The van der Waals surface area contributed by atoms with Crippen LogP contribution in [0.4, 0.5) is 10.5 Å². The SMILES string of the molecule is O=C(Nc1ccc(Cl)cc1)OCc1cccs1. The third-order valence-electron chi connectivity index (χ3n) is 2.02. The van der Waals surface area contributed by atoms with E-state index in [0.717, 1.165) is 4.88 Å². The molecule has 1 heterocycles. The Hall–Kier alpha value is -1.52. The second-order valence-corrected chi connectivity index (χ2v) is 4.76. The van der Waals surface area contributed by atoms with Crippen LogP contribution in [0, 0.1) is 0 Å². The Balaban J connectivity index is 1.83. The van der Waals surface area contributed by atoms with Crippen molar-refractivity contribution in [2.45, 2.75) is 6.61 Å². The molecule has 5 heteroatoms. The Kier molecular flexibility index (Phi) is 4.01. The number of halogens is 1. The van der Waals surface area contributed by atoms with E-state index >= 15 is 0 Å². The molecule has 0 unspecified atom stereocenters. The number of anilines is 1. The summed E-state index contributed by atoms with van der Waals surface area (Å²) in [6.45, 7) is 0.289. The Morgan fingerprint density at radius 2 is 2.06 bits per heavy atom. The van der Waals surface area contributed by atoms with Gasteiger partial charge in [-0.15, -0.1) is 11.3 Å². The first kappa shape index (κ1) is 12.0. The molecular weight excluding hydrogens is 258 g/mol. The van der Waals surface area contributed by atoms with Crippen LogP contribution in [0.15, 0.2) is 41.8 Å². The molecular formula is C12H10ClNO2S. The van der Waals surface area contributed by atoms with E-state index in [1.807, 2.05) is 17.5 Å². The average Bonchev–Trinajstić information content (AvgIpc) is 2.83. The number of ether oxygens (including phenoxy) is 1. The molecule has 0 saturated heterocycles. The predicted octanol–water partition coefficient (Wildman–Crippen LogP) is 4.15. The number of carbonyl (C=O) groups is 1. The molecule has 0 spiro atoms. The minimum absolute atomic E-state index is 0.289. The van der Waals surface area contributed by atoms with Crippen LogP contribution in [0.25, 0.3) is 0 Å². The number of hydrogen-bond acceptors (Lipinski definition) is 3. The number of amides is 1. The van der Waals surface area contributed by atoms with Crippen LogP contribution in [0.5, 0.6) is 0 Å². The standard InChI is InChI=1S/C12H10ClNO2S/c13-9-3-5-10(6-4-9)14-12(15)16-8-11-2-1-7-17-11/h1-7H,8H2,(H,14,15). The molecule has 0 atom stereocenters. The largest absolute Gasteiger partial charge is 0.444 e. The van der Waals surface area contributed by atoms with Gasteiger partial charge in [-0.3, -0.25) is 5.32 Å². The molecule has 3 nitrogen and oxygen atoms in total. The van der Waals surface area contributed by atoms with Crippen molar-refractivity contribution in [2.24, 2.45) is 0 Å². The highest BCUT2D eigenvalue weighted by molar-refractivity contribution is 7.09.